The van der Waals surface area contributed by atoms with Crippen molar-refractivity contribution in [1.29, 1.82) is 0 Å². The highest BCUT2D eigenvalue weighted by atomic mass is 19.4. The van der Waals surface area contributed by atoms with Gasteiger partial charge in [-0.3, -0.25) is 4.79 Å². The molecule has 0 N–H and O–H groups in total. The molecule has 1 saturated carbocycles. The minimum absolute atomic E-state index is 0.0284. The van der Waals surface area contributed by atoms with E-state index < -0.39 is 12.1 Å². The number of carbonyl (C=O) groups excluding carboxylic acids is 1. The number of halogens is 3. The van der Waals surface area contributed by atoms with Gasteiger partial charge in [-0.1, -0.05) is 13.8 Å². The van der Waals surface area contributed by atoms with Gasteiger partial charge < -0.3 is 0 Å². The van der Waals surface area contributed by atoms with Crippen molar-refractivity contribution in [2.45, 2.75) is 52.6 Å². The molecule has 0 aromatic rings. The molecule has 0 aliphatic heterocycles. The topological polar surface area (TPSA) is 17.1 Å². The largest absolute Gasteiger partial charge is 0.391 e. The average molecular weight is 224 g/mol. The summed E-state index contributed by atoms with van der Waals surface area (Å²) in [6, 6.07) is 0. The first kappa shape index (κ1) is 14.5. The van der Waals surface area contributed by atoms with E-state index in [1.165, 1.54) is 6.92 Å². The Bertz CT molecular complexity index is 190. The highest BCUT2D eigenvalue weighted by Crippen LogP contribution is 2.39. The second-order valence-electron chi connectivity index (χ2n) is 3.70. The van der Waals surface area contributed by atoms with Gasteiger partial charge in [0, 0.05) is 5.92 Å². The Hall–Kier alpha value is -0.540. The Balaban J connectivity index is 0.000000921. The third kappa shape index (κ3) is 4.67. The van der Waals surface area contributed by atoms with Gasteiger partial charge in [0.2, 0.25) is 0 Å². The molecule has 0 bridgehead atoms. The summed E-state index contributed by atoms with van der Waals surface area (Å²) in [7, 11) is 0. The lowest BCUT2D eigenvalue weighted by atomic mass is 9.80. The molecule has 1 aliphatic rings. The average Bonchev–Trinajstić information content (AvgIpc) is 2.20. The van der Waals surface area contributed by atoms with Crippen LogP contribution in [0.3, 0.4) is 0 Å². The van der Waals surface area contributed by atoms with Gasteiger partial charge >= 0.3 is 6.18 Å². The molecule has 0 aromatic heterocycles. The summed E-state index contributed by atoms with van der Waals surface area (Å²) in [5.74, 6) is -1.28. The van der Waals surface area contributed by atoms with Crippen LogP contribution < -0.4 is 0 Å². The number of carbonyl (C=O) groups is 1. The maximum Gasteiger partial charge on any atom is 0.391 e. The second kappa shape index (κ2) is 6.13. The smallest absolute Gasteiger partial charge is 0.300 e. The molecule has 90 valence electrons. The first-order chi connectivity index (χ1) is 6.91. The Labute approximate surface area is 89.0 Å². The summed E-state index contributed by atoms with van der Waals surface area (Å²) in [4.78, 5) is 10.9. The minimum atomic E-state index is -4.07. The van der Waals surface area contributed by atoms with Gasteiger partial charge in [0.1, 0.15) is 5.78 Å². The van der Waals surface area contributed by atoms with Crippen molar-refractivity contribution in [1.82, 2.24) is 0 Å². The Morgan fingerprint density at radius 3 is 1.73 bits per heavy atom. The quantitative estimate of drug-likeness (QED) is 0.658. The zero-order valence-electron chi connectivity index (χ0n) is 9.53. The molecule has 1 fully saturated rings. The summed E-state index contributed by atoms with van der Waals surface area (Å²) in [5.41, 5.74) is 0. The van der Waals surface area contributed by atoms with Crippen LogP contribution in [0.4, 0.5) is 13.2 Å². The predicted octanol–water partition coefficient (Wildman–Crippen LogP) is 3.97. The summed E-state index contributed by atoms with van der Waals surface area (Å²) < 4.78 is 36.6. The van der Waals surface area contributed by atoms with Crippen LogP contribution in [0.2, 0.25) is 0 Å². The van der Waals surface area contributed by atoms with Crippen molar-refractivity contribution in [2.24, 2.45) is 11.8 Å². The van der Waals surface area contributed by atoms with Crippen LogP contribution in [0.1, 0.15) is 46.5 Å². The molecule has 0 heterocycles. The maximum atomic E-state index is 12.2. The van der Waals surface area contributed by atoms with Crippen molar-refractivity contribution >= 4 is 5.78 Å². The molecule has 15 heavy (non-hydrogen) atoms. The van der Waals surface area contributed by atoms with Crippen molar-refractivity contribution in [3.8, 4) is 0 Å². The van der Waals surface area contributed by atoms with Crippen LogP contribution in [-0.2, 0) is 4.79 Å². The summed E-state index contributed by atoms with van der Waals surface area (Å²) in [6.07, 6.45) is -3.03. The Morgan fingerprint density at radius 1 is 1.07 bits per heavy atom. The lowest BCUT2D eigenvalue weighted by Crippen LogP contribution is -2.29. The first-order valence-electron chi connectivity index (χ1n) is 5.48. The first-order valence-corrected chi connectivity index (χ1v) is 5.48. The van der Waals surface area contributed by atoms with Crippen molar-refractivity contribution in [3.63, 3.8) is 0 Å². The molecule has 4 heteroatoms. The Morgan fingerprint density at radius 2 is 1.47 bits per heavy atom. The van der Waals surface area contributed by atoms with Crippen LogP contribution in [0.25, 0.3) is 0 Å². The fraction of sp³-hybridized carbons (Fsp3) is 0.909. The van der Waals surface area contributed by atoms with E-state index in [2.05, 4.69) is 0 Å². The van der Waals surface area contributed by atoms with Crippen LogP contribution in [-0.4, -0.2) is 12.0 Å². The standard InChI is InChI=1S/C9H13F3O.C2H6/c1-6(13)7-2-4-8(5-3-7)9(10,11)12;1-2/h7-8H,2-5H2,1H3;1-2H3. The van der Waals surface area contributed by atoms with E-state index in [1.807, 2.05) is 13.8 Å². The predicted molar refractivity (Wildman–Crippen MR) is 53.5 cm³/mol. The zero-order valence-corrected chi connectivity index (χ0v) is 9.53. The van der Waals surface area contributed by atoms with Gasteiger partial charge in [-0.2, -0.15) is 13.2 Å². The van der Waals surface area contributed by atoms with Crippen LogP contribution in [0.15, 0.2) is 0 Å². The van der Waals surface area contributed by atoms with Gasteiger partial charge in [0.15, 0.2) is 0 Å². The van der Waals surface area contributed by atoms with E-state index in [1.54, 1.807) is 0 Å². The van der Waals surface area contributed by atoms with E-state index >= 15 is 0 Å². The van der Waals surface area contributed by atoms with E-state index in [9.17, 15) is 18.0 Å². The van der Waals surface area contributed by atoms with Crippen molar-refractivity contribution in [3.05, 3.63) is 0 Å². The third-order valence-corrected chi connectivity index (χ3v) is 2.77. The fourth-order valence-electron chi connectivity index (χ4n) is 1.83. The van der Waals surface area contributed by atoms with Crippen LogP contribution in [0, 0.1) is 11.8 Å². The van der Waals surface area contributed by atoms with Crippen LogP contribution in [0.5, 0.6) is 0 Å². The highest BCUT2D eigenvalue weighted by molar-refractivity contribution is 5.78. The summed E-state index contributed by atoms with van der Waals surface area (Å²) >= 11 is 0. The molecule has 0 radical (unpaired) electrons. The number of alkyl halides is 3. The molecule has 0 spiro atoms. The molecular formula is C11H19F3O. The van der Waals surface area contributed by atoms with E-state index in [0.717, 1.165) is 0 Å². The minimum Gasteiger partial charge on any atom is -0.300 e. The van der Waals surface area contributed by atoms with Crippen LogP contribution >= 0.6 is 0 Å². The lowest BCUT2D eigenvalue weighted by Gasteiger charge is -2.28. The van der Waals surface area contributed by atoms with Crippen molar-refractivity contribution < 1.29 is 18.0 Å². The molecule has 1 rings (SSSR count). The lowest BCUT2D eigenvalue weighted by molar-refractivity contribution is -0.184. The molecule has 0 amide bonds. The van der Waals surface area contributed by atoms with E-state index in [4.69, 9.17) is 0 Å². The normalized spacial score (nSPS) is 26.5. The monoisotopic (exact) mass is 224 g/mol. The molecular weight excluding hydrogens is 205 g/mol. The summed E-state index contributed by atoms with van der Waals surface area (Å²) in [5, 5.41) is 0. The van der Waals surface area contributed by atoms with Gasteiger partial charge in [-0.25, -0.2) is 0 Å². The maximum absolute atomic E-state index is 12.2. The second-order valence-corrected chi connectivity index (χ2v) is 3.70. The number of Topliss-reactive ketones (excluding diaryl/α,β-unsaturated/α-hetero) is 1. The zero-order chi connectivity index (χ0) is 12.1. The summed E-state index contributed by atoms with van der Waals surface area (Å²) in [6.45, 7) is 5.46. The van der Waals surface area contributed by atoms with E-state index in [-0.39, 0.29) is 24.5 Å². The van der Waals surface area contributed by atoms with Gasteiger partial charge in [-0.05, 0) is 32.6 Å². The van der Waals surface area contributed by atoms with Gasteiger partial charge in [0.25, 0.3) is 0 Å². The number of hydrogen-bond acceptors (Lipinski definition) is 1. The fourth-order valence-corrected chi connectivity index (χ4v) is 1.83. The third-order valence-electron chi connectivity index (χ3n) is 2.77. The Kier molecular flexibility index (Phi) is 5.91. The molecule has 0 atom stereocenters. The molecule has 1 aliphatic carbocycles. The van der Waals surface area contributed by atoms with Crippen molar-refractivity contribution in [2.75, 3.05) is 0 Å². The van der Waals surface area contributed by atoms with Gasteiger partial charge in [0.05, 0.1) is 5.92 Å². The molecule has 0 unspecified atom stereocenters. The van der Waals surface area contributed by atoms with Gasteiger partial charge in [-0.15, -0.1) is 0 Å². The molecule has 1 nitrogen and oxygen atoms in total. The molecule has 0 aromatic carbocycles. The molecule has 0 saturated heterocycles. The highest BCUT2D eigenvalue weighted by Gasteiger charge is 2.41. The van der Waals surface area contributed by atoms with E-state index in [0.29, 0.717) is 12.8 Å². The number of hydrogen-bond donors (Lipinski definition) is 0. The number of rotatable bonds is 1. The SMILES string of the molecule is CC.CC(=O)C1CCC(C(F)(F)F)CC1. The number of ketones is 1.